The third kappa shape index (κ3) is 8.68. The van der Waals surface area contributed by atoms with E-state index in [-0.39, 0.29) is 30.3 Å². The molecular weight excluding hydrogens is 220 g/mol. The molecule has 3 N–H and O–H groups in total. The first-order chi connectivity index (χ1) is 7.97. The summed E-state index contributed by atoms with van der Waals surface area (Å²) in [5.41, 5.74) is 5.63. The maximum Gasteiger partial charge on any atom is 0.307 e. The van der Waals surface area contributed by atoms with E-state index in [1.807, 2.05) is 13.8 Å². The summed E-state index contributed by atoms with van der Waals surface area (Å²) in [7, 11) is 1.33. The summed E-state index contributed by atoms with van der Waals surface area (Å²) >= 11 is 0. The van der Waals surface area contributed by atoms with Crippen LogP contribution in [0.4, 0.5) is 0 Å². The van der Waals surface area contributed by atoms with Gasteiger partial charge in [-0.1, -0.05) is 13.3 Å². The lowest BCUT2D eigenvalue weighted by Crippen LogP contribution is -2.31. The Morgan fingerprint density at radius 2 is 1.94 bits per heavy atom. The molecule has 0 saturated carbocycles. The second kappa shape index (κ2) is 8.98. The number of methoxy groups -OCH3 is 1. The quantitative estimate of drug-likeness (QED) is 0.619. The molecule has 17 heavy (non-hydrogen) atoms. The zero-order valence-electron chi connectivity index (χ0n) is 11.0. The van der Waals surface area contributed by atoms with Gasteiger partial charge in [0, 0.05) is 18.5 Å². The van der Waals surface area contributed by atoms with Gasteiger partial charge in [0.15, 0.2) is 0 Å². The van der Waals surface area contributed by atoms with Gasteiger partial charge in [0.25, 0.3) is 0 Å². The minimum absolute atomic E-state index is 0.0152. The van der Waals surface area contributed by atoms with Crippen molar-refractivity contribution >= 4 is 11.9 Å². The van der Waals surface area contributed by atoms with Crippen molar-refractivity contribution in [2.45, 2.75) is 45.6 Å². The molecule has 0 saturated heterocycles. The minimum atomic E-state index is -0.310. The molecule has 0 aliphatic rings. The predicted molar refractivity (Wildman–Crippen MR) is 66.3 cm³/mol. The highest BCUT2D eigenvalue weighted by Gasteiger charge is 2.12. The molecule has 2 atom stereocenters. The number of ether oxygens (including phenoxy) is 1. The lowest BCUT2D eigenvalue weighted by Gasteiger charge is -2.12. The number of carbonyl (C=O) groups is 2. The molecule has 0 aliphatic carbocycles. The van der Waals surface area contributed by atoms with Crippen LogP contribution in [0.5, 0.6) is 0 Å². The molecule has 0 rings (SSSR count). The van der Waals surface area contributed by atoms with Crippen LogP contribution in [0.2, 0.25) is 0 Å². The molecule has 0 heterocycles. The minimum Gasteiger partial charge on any atom is -0.469 e. The molecular formula is C12H24N2O3. The summed E-state index contributed by atoms with van der Waals surface area (Å²) in [6.45, 7) is 4.18. The second-order valence-electron chi connectivity index (χ2n) is 4.43. The number of nitrogens with two attached hydrogens (primary N) is 1. The highest BCUT2D eigenvalue weighted by molar-refractivity contribution is 5.79. The van der Waals surface area contributed by atoms with Crippen LogP contribution in [0.25, 0.3) is 0 Å². The molecule has 0 fully saturated rings. The topological polar surface area (TPSA) is 81.4 Å². The van der Waals surface area contributed by atoms with Gasteiger partial charge in [0.2, 0.25) is 5.91 Å². The summed E-state index contributed by atoms with van der Waals surface area (Å²) in [6, 6.07) is 0.185. The first kappa shape index (κ1) is 15.9. The first-order valence-electron chi connectivity index (χ1n) is 6.07. The van der Waals surface area contributed by atoms with Crippen molar-refractivity contribution in [3.8, 4) is 0 Å². The fraction of sp³-hybridized carbons (Fsp3) is 0.833. The second-order valence-corrected chi connectivity index (χ2v) is 4.43. The van der Waals surface area contributed by atoms with Crippen LogP contribution in [0.1, 0.15) is 39.5 Å². The van der Waals surface area contributed by atoms with Crippen molar-refractivity contribution in [3.05, 3.63) is 0 Å². The van der Waals surface area contributed by atoms with Crippen LogP contribution in [0.15, 0.2) is 0 Å². The summed E-state index contributed by atoms with van der Waals surface area (Å²) in [5, 5.41) is 2.71. The summed E-state index contributed by atoms with van der Waals surface area (Å²) < 4.78 is 4.48. The van der Waals surface area contributed by atoms with Crippen LogP contribution >= 0.6 is 0 Å². The van der Waals surface area contributed by atoms with E-state index in [2.05, 4.69) is 10.1 Å². The largest absolute Gasteiger partial charge is 0.469 e. The Morgan fingerprint density at radius 3 is 2.47 bits per heavy atom. The molecule has 0 aromatic heterocycles. The average Bonchev–Trinajstić information content (AvgIpc) is 2.27. The third-order valence-electron chi connectivity index (χ3n) is 2.60. The zero-order chi connectivity index (χ0) is 13.3. The Bertz CT molecular complexity index is 242. The number of nitrogens with one attached hydrogen (secondary N) is 1. The van der Waals surface area contributed by atoms with Crippen molar-refractivity contribution in [3.63, 3.8) is 0 Å². The van der Waals surface area contributed by atoms with E-state index in [4.69, 9.17) is 5.73 Å². The van der Waals surface area contributed by atoms with Crippen molar-refractivity contribution in [2.75, 3.05) is 13.7 Å². The Labute approximate surface area is 103 Å². The molecule has 0 radical (unpaired) electrons. The highest BCUT2D eigenvalue weighted by Crippen LogP contribution is 2.08. The fourth-order valence-corrected chi connectivity index (χ4v) is 1.44. The predicted octanol–water partition coefficient (Wildman–Crippen LogP) is 0.819. The number of carbonyl (C=O) groups excluding carboxylic acids is 2. The van der Waals surface area contributed by atoms with E-state index in [1.54, 1.807) is 0 Å². The molecule has 1 amide bonds. The number of esters is 1. The maximum atomic E-state index is 11.6. The van der Waals surface area contributed by atoms with Crippen LogP contribution in [0.3, 0.4) is 0 Å². The Kier molecular flexibility index (Phi) is 8.40. The van der Waals surface area contributed by atoms with Crippen LogP contribution in [-0.2, 0) is 14.3 Å². The van der Waals surface area contributed by atoms with Crippen molar-refractivity contribution in [1.82, 2.24) is 5.32 Å². The molecule has 0 bridgehead atoms. The van der Waals surface area contributed by atoms with Gasteiger partial charge < -0.3 is 15.8 Å². The molecule has 0 aromatic carbocycles. The summed E-state index contributed by atoms with van der Waals surface area (Å²) in [5.74, 6) is -0.361. The number of hydrogen-bond donors (Lipinski definition) is 2. The Balaban J connectivity index is 3.64. The van der Waals surface area contributed by atoms with Crippen molar-refractivity contribution < 1.29 is 14.3 Å². The smallest absolute Gasteiger partial charge is 0.307 e. The molecule has 100 valence electrons. The Morgan fingerprint density at radius 1 is 1.29 bits per heavy atom. The zero-order valence-corrected chi connectivity index (χ0v) is 11.0. The maximum absolute atomic E-state index is 11.6. The average molecular weight is 244 g/mol. The normalized spacial score (nSPS) is 13.9. The molecule has 0 aromatic rings. The number of amides is 1. The number of rotatable bonds is 8. The van der Waals surface area contributed by atoms with E-state index >= 15 is 0 Å². The van der Waals surface area contributed by atoms with Gasteiger partial charge >= 0.3 is 5.97 Å². The fourth-order valence-electron chi connectivity index (χ4n) is 1.44. The summed E-state index contributed by atoms with van der Waals surface area (Å²) in [6.07, 6.45) is 2.92. The lowest BCUT2D eigenvalue weighted by molar-refractivity contribution is -0.140. The van der Waals surface area contributed by atoms with Crippen molar-refractivity contribution in [2.24, 2.45) is 11.7 Å². The molecule has 0 spiro atoms. The van der Waals surface area contributed by atoms with E-state index in [0.717, 1.165) is 19.3 Å². The molecule has 0 aliphatic heterocycles. The van der Waals surface area contributed by atoms with Crippen LogP contribution in [0, 0.1) is 5.92 Å². The van der Waals surface area contributed by atoms with Gasteiger partial charge in [-0.2, -0.15) is 0 Å². The number of hydrogen-bond acceptors (Lipinski definition) is 4. The lowest BCUT2D eigenvalue weighted by atomic mass is 10.0. The van der Waals surface area contributed by atoms with Crippen LogP contribution < -0.4 is 11.1 Å². The van der Waals surface area contributed by atoms with Crippen molar-refractivity contribution in [1.29, 1.82) is 0 Å². The Hall–Kier alpha value is -1.10. The molecule has 5 heteroatoms. The SMILES string of the molecule is COC(=O)CCNC(=O)C(C)CCCC(C)N. The van der Waals surface area contributed by atoms with E-state index in [0.29, 0.717) is 6.54 Å². The van der Waals surface area contributed by atoms with E-state index in [1.165, 1.54) is 7.11 Å². The summed E-state index contributed by atoms with van der Waals surface area (Å²) in [4.78, 5) is 22.4. The standard InChI is InChI=1S/C12H24N2O3/c1-9(5-4-6-10(2)13)12(16)14-8-7-11(15)17-3/h9-10H,4-8,13H2,1-3H3,(H,14,16). The van der Waals surface area contributed by atoms with E-state index in [9.17, 15) is 9.59 Å². The molecule has 2 unspecified atom stereocenters. The highest BCUT2D eigenvalue weighted by atomic mass is 16.5. The van der Waals surface area contributed by atoms with E-state index < -0.39 is 0 Å². The van der Waals surface area contributed by atoms with Gasteiger partial charge in [0.1, 0.15) is 0 Å². The molecule has 5 nitrogen and oxygen atoms in total. The third-order valence-corrected chi connectivity index (χ3v) is 2.60. The van der Waals surface area contributed by atoms with Gasteiger partial charge in [-0.05, 0) is 19.8 Å². The first-order valence-corrected chi connectivity index (χ1v) is 6.07. The van der Waals surface area contributed by atoms with Gasteiger partial charge in [0.05, 0.1) is 13.5 Å². The van der Waals surface area contributed by atoms with Crippen LogP contribution in [-0.4, -0.2) is 31.6 Å². The van der Waals surface area contributed by atoms with Gasteiger partial charge in [-0.15, -0.1) is 0 Å². The van der Waals surface area contributed by atoms with Gasteiger partial charge in [-0.25, -0.2) is 0 Å². The monoisotopic (exact) mass is 244 g/mol. The van der Waals surface area contributed by atoms with Gasteiger partial charge in [-0.3, -0.25) is 9.59 Å².